The molecule has 2 aromatic heterocycles. The summed E-state index contributed by atoms with van der Waals surface area (Å²) in [5.74, 6) is 2.33. The van der Waals surface area contributed by atoms with Gasteiger partial charge in [-0.05, 0) is 38.3 Å². The molecule has 1 saturated carbocycles. The second kappa shape index (κ2) is 4.90. The summed E-state index contributed by atoms with van der Waals surface area (Å²) in [4.78, 5) is 8.61. The fourth-order valence-corrected chi connectivity index (χ4v) is 2.17. The molecular weight excluding hydrogens is 262 g/mol. The number of hydrogen-bond acceptors (Lipinski definition) is 4. The fraction of sp³-hybridized carbons (Fsp3) is 0.462. The third-order valence-electron chi connectivity index (χ3n) is 3.17. The van der Waals surface area contributed by atoms with E-state index in [2.05, 4.69) is 20.4 Å². The van der Waals surface area contributed by atoms with Gasteiger partial charge in [0, 0.05) is 18.8 Å². The molecule has 5 nitrogen and oxygen atoms in total. The third kappa shape index (κ3) is 2.77. The maximum absolute atomic E-state index is 6.18. The Kier molecular flexibility index (Phi) is 3.24. The molecular formula is C13H16ClN5. The normalized spacial score (nSPS) is 14.9. The summed E-state index contributed by atoms with van der Waals surface area (Å²) in [7, 11) is 0. The van der Waals surface area contributed by atoms with Gasteiger partial charge in [-0.1, -0.05) is 11.6 Å². The summed E-state index contributed by atoms with van der Waals surface area (Å²) in [6.07, 6.45) is 4.20. The van der Waals surface area contributed by atoms with Crippen LogP contribution in [0, 0.1) is 13.8 Å². The van der Waals surface area contributed by atoms with Crippen LogP contribution in [0.3, 0.4) is 0 Å². The van der Waals surface area contributed by atoms with Gasteiger partial charge in [0.2, 0.25) is 0 Å². The van der Waals surface area contributed by atoms with Crippen molar-refractivity contribution < 1.29 is 0 Å². The number of aryl methyl sites for hydroxylation is 2. The molecule has 0 radical (unpaired) electrons. The van der Waals surface area contributed by atoms with Crippen molar-refractivity contribution in [3.05, 3.63) is 34.5 Å². The highest BCUT2D eigenvalue weighted by Gasteiger charge is 2.20. The molecule has 1 fully saturated rings. The lowest BCUT2D eigenvalue weighted by atomic mass is 10.2. The highest BCUT2D eigenvalue weighted by atomic mass is 35.5. The summed E-state index contributed by atoms with van der Waals surface area (Å²) < 4.78 is 1.74. The number of hydrogen-bond donors (Lipinski definition) is 1. The van der Waals surface area contributed by atoms with E-state index in [0.717, 1.165) is 29.6 Å². The minimum atomic E-state index is 0.656. The molecule has 0 atom stereocenters. The van der Waals surface area contributed by atoms with E-state index in [1.807, 2.05) is 19.9 Å². The summed E-state index contributed by atoms with van der Waals surface area (Å²) in [6, 6.07) is 2.63. The number of halogens is 1. The highest BCUT2D eigenvalue weighted by Crippen LogP contribution is 2.22. The Bertz CT molecular complexity index is 603. The second-order valence-electron chi connectivity index (χ2n) is 4.91. The van der Waals surface area contributed by atoms with Crippen molar-refractivity contribution >= 4 is 11.6 Å². The minimum Gasteiger partial charge on any atom is -0.310 e. The average Bonchev–Trinajstić information content (AvgIpc) is 3.13. The summed E-state index contributed by atoms with van der Waals surface area (Å²) in [5.41, 5.74) is 1.05. The van der Waals surface area contributed by atoms with Crippen LogP contribution in [0.2, 0.25) is 5.02 Å². The molecule has 1 aliphatic carbocycles. The molecule has 1 aliphatic rings. The molecule has 0 aliphatic heterocycles. The molecule has 3 rings (SSSR count). The molecule has 0 saturated heterocycles. The van der Waals surface area contributed by atoms with E-state index in [9.17, 15) is 0 Å². The van der Waals surface area contributed by atoms with Gasteiger partial charge < -0.3 is 5.32 Å². The van der Waals surface area contributed by atoms with Crippen LogP contribution in [-0.4, -0.2) is 25.8 Å². The fourth-order valence-electron chi connectivity index (χ4n) is 2.00. The van der Waals surface area contributed by atoms with E-state index in [-0.39, 0.29) is 0 Å². The first-order valence-electron chi connectivity index (χ1n) is 6.42. The lowest BCUT2D eigenvalue weighted by Gasteiger charge is -2.08. The summed E-state index contributed by atoms with van der Waals surface area (Å²) >= 11 is 6.18. The number of aromatic nitrogens is 4. The SMILES string of the molecule is Cc1nc(C)n(-c2cc(CNC3CC3)c(Cl)cn2)n1. The van der Waals surface area contributed by atoms with E-state index in [4.69, 9.17) is 11.6 Å². The van der Waals surface area contributed by atoms with Gasteiger partial charge >= 0.3 is 0 Å². The second-order valence-corrected chi connectivity index (χ2v) is 5.31. The van der Waals surface area contributed by atoms with Crippen LogP contribution in [0.25, 0.3) is 5.82 Å². The zero-order valence-electron chi connectivity index (χ0n) is 11.0. The van der Waals surface area contributed by atoms with Gasteiger partial charge in [-0.15, -0.1) is 5.10 Å². The first-order chi connectivity index (χ1) is 9.13. The molecule has 2 heterocycles. The van der Waals surface area contributed by atoms with Gasteiger partial charge in [-0.25, -0.2) is 9.97 Å². The lowest BCUT2D eigenvalue weighted by molar-refractivity contribution is 0.685. The Morgan fingerprint density at radius 1 is 1.42 bits per heavy atom. The van der Waals surface area contributed by atoms with Gasteiger partial charge in [-0.2, -0.15) is 4.68 Å². The smallest absolute Gasteiger partial charge is 0.155 e. The number of rotatable bonds is 4. The Morgan fingerprint density at radius 3 is 2.84 bits per heavy atom. The number of nitrogens with zero attached hydrogens (tertiary/aromatic N) is 4. The molecule has 0 amide bonds. The molecule has 0 aromatic carbocycles. The molecule has 19 heavy (non-hydrogen) atoms. The quantitative estimate of drug-likeness (QED) is 0.931. The van der Waals surface area contributed by atoms with Crippen LogP contribution in [0.1, 0.15) is 30.1 Å². The first kappa shape index (κ1) is 12.6. The highest BCUT2D eigenvalue weighted by molar-refractivity contribution is 6.31. The van der Waals surface area contributed by atoms with Crippen LogP contribution >= 0.6 is 11.6 Å². The largest absolute Gasteiger partial charge is 0.310 e. The topological polar surface area (TPSA) is 55.6 Å². The van der Waals surface area contributed by atoms with Crippen LogP contribution in [0.4, 0.5) is 0 Å². The van der Waals surface area contributed by atoms with Gasteiger partial charge in [-0.3, -0.25) is 0 Å². The van der Waals surface area contributed by atoms with Crippen molar-refractivity contribution in [1.29, 1.82) is 0 Å². The van der Waals surface area contributed by atoms with Gasteiger partial charge in [0.1, 0.15) is 11.6 Å². The standard InChI is InChI=1S/C13H16ClN5/c1-8-17-9(2)19(18-8)13-5-10(12(14)7-16-13)6-15-11-3-4-11/h5,7,11,15H,3-4,6H2,1-2H3. The van der Waals surface area contributed by atoms with Crippen molar-refractivity contribution in [3.63, 3.8) is 0 Å². The molecule has 2 aromatic rings. The Hall–Kier alpha value is -1.46. The lowest BCUT2D eigenvalue weighted by Crippen LogP contribution is -2.16. The van der Waals surface area contributed by atoms with E-state index < -0.39 is 0 Å². The van der Waals surface area contributed by atoms with Crippen molar-refractivity contribution in [3.8, 4) is 5.82 Å². The molecule has 6 heteroatoms. The van der Waals surface area contributed by atoms with E-state index in [0.29, 0.717) is 11.1 Å². The Balaban J connectivity index is 1.89. The van der Waals surface area contributed by atoms with Crippen LogP contribution in [0.15, 0.2) is 12.3 Å². The van der Waals surface area contributed by atoms with E-state index in [1.54, 1.807) is 10.9 Å². The average molecular weight is 278 g/mol. The van der Waals surface area contributed by atoms with Crippen molar-refractivity contribution in [2.24, 2.45) is 0 Å². The zero-order valence-corrected chi connectivity index (χ0v) is 11.8. The summed E-state index contributed by atoms with van der Waals surface area (Å²) in [6.45, 7) is 4.55. The number of pyridine rings is 1. The monoisotopic (exact) mass is 277 g/mol. The number of nitrogens with one attached hydrogen (secondary N) is 1. The summed E-state index contributed by atoms with van der Waals surface area (Å²) in [5, 5.41) is 8.48. The molecule has 1 N–H and O–H groups in total. The van der Waals surface area contributed by atoms with Crippen LogP contribution < -0.4 is 5.32 Å². The van der Waals surface area contributed by atoms with Gasteiger partial charge in [0.25, 0.3) is 0 Å². The predicted molar refractivity (Wildman–Crippen MR) is 73.5 cm³/mol. The maximum atomic E-state index is 6.18. The van der Waals surface area contributed by atoms with Gasteiger partial charge in [0.15, 0.2) is 5.82 Å². The van der Waals surface area contributed by atoms with Crippen molar-refractivity contribution in [2.45, 2.75) is 39.3 Å². The maximum Gasteiger partial charge on any atom is 0.155 e. The Morgan fingerprint density at radius 2 is 2.21 bits per heavy atom. The predicted octanol–water partition coefficient (Wildman–Crippen LogP) is 2.18. The van der Waals surface area contributed by atoms with Crippen molar-refractivity contribution in [1.82, 2.24) is 25.1 Å². The minimum absolute atomic E-state index is 0.656. The van der Waals surface area contributed by atoms with E-state index >= 15 is 0 Å². The molecule has 0 spiro atoms. The van der Waals surface area contributed by atoms with Crippen molar-refractivity contribution in [2.75, 3.05) is 0 Å². The zero-order chi connectivity index (χ0) is 13.4. The molecule has 0 bridgehead atoms. The Labute approximate surface area is 117 Å². The van der Waals surface area contributed by atoms with Crippen LogP contribution in [-0.2, 0) is 6.54 Å². The third-order valence-corrected chi connectivity index (χ3v) is 3.51. The first-order valence-corrected chi connectivity index (χ1v) is 6.80. The molecule has 0 unspecified atom stereocenters. The van der Waals surface area contributed by atoms with E-state index in [1.165, 1.54) is 12.8 Å². The van der Waals surface area contributed by atoms with Crippen LogP contribution in [0.5, 0.6) is 0 Å². The molecule has 100 valence electrons. The van der Waals surface area contributed by atoms with Gasteiger partial charge in [0.05, 0.1) is 5.02 Å².